The molecule has 3 heteroatoms. The summed E-state index contributed by atoms with van der Waals surface area (Å²) in [5.41, 5.74) is 0.972. The minimum atomic E-state index is 0.608. The zero-order valence-electron chi connectivity index (χ0n) is 7.00. The summed E-state index contributed by atoms with van der Waals surface area (Å²) in [5.74, 6) is 5.81. The van der Waals surface area contributed by atoms with E-state index in [9.17, 15) is 0 Å². The van der Waals surface area contributed by atoms with Gasteiger partial charge in [-0.3, -0.25) is 0 Å². The number of nitrogens with zero attached hydrogens (tertiary/aromatic N) is 1. The summed E-state index contributed by atoms with van der Waals surface area (Å²) in [6, 6.07) is 3.91. The van der Waals surface area contributed by atoms with E-state index in [-0.39, 0.29) is 0 Å². The van der Waals surface area contributed by atoms with Gasteiger partial charge >= 0.3 is 79.7 Å². The number of ether oxygens (including phenoxy) is 1. The van der Waals surface area contributed by atoms with Crippen LogP contribution in [0.4, 0.5) is 0 Å². The summed E-state index contributed by atoms with van der Waals surface area (Å²) < 4.78 is 7.43. The zero-order chi connectivity index (χ0) is 8.97. The Kier molecular flexibility index (Phi) is 3.32. The fraction of sp³-hybridized carbons (Fsp3) is 0.222. The molecular weight excluding hydrogens is 190 g/mol. The second kappa shape index (κ2) is 4.28. The average molecular weight is 199 g/mol. The van der Waals surface area contributed by atoms with Crippen LogP contribution >= 0.6 is 0 Å². The fourth-order valence-electron chi connectivity index (χ4n) is 0.757. The molecule has 0 fully saturated rings. The van der Waals surface area contributed by atoms with E-state index in [1.54, 1.807) is 7.11 Å². The summed E-state index contributed by atoms with van der Waals surface area (Å²) in [7, 11) is 3.54. The van der Waals surface area contributed by atoms with Gasteiger partial charge in [-0.05, 0) is 0 Å². The van der Waals surface area contributed by atoms with Crippen molar-refractivity contribution in [3.05, 3.63) is 24.0 Å². The Hall–Kier alpha value is -0.798. The monoisotopic (exact) mass is 199 g/mol. The normalized spacial score (nSPS) is 8.83. The quantitative estimate of drug-likeness (QED) is 0.607. The molecule has 0 bridgehead atoms. The van der Waals surface area contributed by atoms with Gasteiger partial charge in [-0.2, -0.15) is 0 Å². The molecule has 62 valence electrons. The van der Waals surface area contributed by atoms with Crippen molar-refractivity contribution in [3.8, 4) is 11.8 Å². The first kappa shape index (κ1) is 9.29. The Morgan fingerprint density at radius 2 is 2.42 bits per heavy atom. The van der Waals surface area contributed by atoms with Crippen LogP contribution in [0.15, 0.2) is 18.3 Å². The van der Waals surface area contributed by atoms with Crippen LogP contribution in [-0.2, 0) is 27.6 Å². The Bertz CT molecular complexity index is 343. The third-order valence-electron chi connectivity index (χ3n) is 1.42. The molecule has 0 aliphatic carbocycles. The predicted octanol–water partition coefficient (Wildman–Crippen LogP) is 0.700. The molecule has 0 saturated carbocycles. The maximum atomic E-state index is 4.87. The van der Waals surface area contributed by atoms with Crippen LogP contribution in [-0.4, -0.2) is 16.2 Å². The van der Waals surface area contributed by atoms with Crippen LogP contribution in [0, 0.1) is 11.8 Å². The molecule has 0 N–H and O–H groups in total. The minimum absolute atomic E-state index is 0.608. The third kappa shape index (κ3) is 2.36. The molecule has 12 heavy (non-hydrogen) atoms. The van der Waals surface area contributed by atoms with Crippen LogP contribution < -0.4 is 0 Å². The summed E-state index contributed by atoms with van der Waals surface area (Å²) in [6.07, 6.45) is 1.95. The van der Waals surface area contributed by atoms with Crippen LogP contribution in [0.2, 0.25) is 0 Å². The number of rotatable bonds is 1. The Morgan fingerprint density at radius 3 is 2.92 bits per heavy atom. The standard InChI is InChI=1S/C9H9NO.Cr/c1-10-7-3-5-9(10)6-4-8-11-2;/h3,5,7H,1-2H3;. The first-order chi connectivity index (χ1) is 5.74. The van der Waals surface area contributed by atoms with Gasteiger partial charge in [0.15, 0.2) is 0 Å². The molecule has 1 heterocycles. The van der Waals surface area contributed by atoms with E-state index in [2.05, 4.69) is 27.7 Å². The number of methoxy groups -OCH3 is 1. The molecule has 0 spiro atoms. The van der Waals surface area contributed by atoms with E-state index in [0.29, 0.717) is 4.57 Å². The molecule has 0 aromatic carbocycles. The van der Waals surface area contributed by atoms with Crippen molar-refractivity contribution in [1.29, 1.82) is 0 Å². The van der Waals surface area contributed by atoms with Gasteiger partial charge in [0, 0.05) is 0 Å². The van der Waals surface area contributed by atoms with Gasteiger partial charge in [-0.15, -0.1) is 0 Å². The van der Waals surface area contributed by atoms with Gasteiger partial charge in [0.2, 0.25) is 0 Å². The third-order valence-corrected chi connectivity index (χ3v) is 1.84. The van der Waals surface area contributed by atoms with Crippen molar-refractivity contribution in [2.75, 3.05) is 7.11 Å². The van der Waals surface area contributed by atoms with Crippen molar-refractivity contribution in [2.45, 2.75) is 0 Å². The van der Waals surface area contributed by atoms with Gasteiger partial charge < -0.3 is 0 Å². The first-order valence-electron chi connectivity index (χ1n) is 3.45. The Balaban J connectivity index is 2.79. The van der Waals surface area contributed by atoms with Crippen molar-refractivity contribution in [2.24, 2.45) is 7.05 Å². The second-order valence-corrected chi connectivity index (χ2v) is 2.82. The van der Waals surface area contributed by atoms with Crippen LogP contribution in [0.5, 0.6) is 0 Å². The molecule has 1 rings (SSSR count). The summed E-state index contributed by atoms with van der Waals surface area (Å²) in [4.78, 5) is 0. The number of hydrogen-bond acceptors (Lipinski definition) is 1. The average Bonchev–Trinajstić information content (AvgIpc) is 2.47. The van der Waals surface area contributed by atoms with Crippen LogP contribution in [0.1, 0.15) is 5.69 Å². The second-order valence-electron chi connectivity index (χ2n) is 2.25. The van der Waals surface area contributed by atoms with Crippen molar-refractivity contribution in [1.82, 2.24) is 4.57 Å². The SMILES string of the molecule is CO[C](=[Cr])C#Cc1cccn1C. The number of aromatic nitrogens is 1. The molecule has 0 amide bonds. The van der Waals surface area contributed by atoms with E-state index in [0.717, 1.165) is 5.69 Å². The molecule has 0 aliphatic rings. The molecule has 2 nitrogen and oxygen atoms in total. The van der Waals surface area contributed by atoms with E-state index >= 15 is 0 Å². The molecule has 0 saturated heterocycles. The molecule has 1 aromatic heterocycles. The molecule has 0 unspecified atom stereocenters. The van der Waals surface area contributed by atoms with E-state index < -0.39 is 0 Å². The van der Waals surface area contributed by atoms with Gasteiger partial charge in [0.25, 0.3) is 0 Å². The molecule has 0 atom stereocenters. The number of hydrogen-bond donors (Lipinski definition) is 0. The topological polar surface area (TPSA) is 14.2 Å². The van der Waals surface area contributed by atoms with Crippen molar-refractivity contribution < 1.29 is 20.6 Å². The van der Waals surface area contributed by atoms with Gasteiger partial charge in [0.05, 0.1) is 0 Å². The van der Waals surface area contributed by atoms with Crippen molar-refractivity contribution in [3.63, 3.8) is 0 Å². The maximum absolute atomic E-state index is 4.87. The predicted molar refractivity (Wildman–Crippen MR) is 44.3 cm³/mol. The van der Waals surface area contributed by atoms with Crippen LogP contribution in [0.3, 0.4) is 0 Å². The van der Waals surface area contributed by atoms with E-state index in [1.165, 1.54) is 0 Å². The Morgan fingerprint density at radius 1 is 1.67 bits per heavy atom. The summed E-state index contributed by atoms with van der Waals surface area (Å²) >= 11 is 2.72. The van der Waals surface area contributed by atoms with Gasteiger partial charge in [-0.25, -0.2) is 0 Å². The zero-order valence-corrected chi connectivity index (χ0v) is 8.27. The van der Waals surface area contributed by atoms with E-state index in [1.807, 2.05) is 29.9 Å². The van der Waals surface area contributed by atoms with Crippen molar-refractivity contribution >= 4 is 4.57 Å². The molecular formula is C9H9CrNO. The van der Waals surface area contributed by atoms with E-state index in [4.69, 9.17) is 4.74 Å². The summed E-state index contributed by atoms with van der Waals surface area (Å²) in [6.45, 7) is 0. The van der Waals surface area contributed by atoms with Gasteiger partial charge in [0.1, 0.15) is 0 Å². The molecule has 1 aromatic rings. The fourth-order valence-corrected chi connectivity index (χ4v) is 0.837. The molecule has 0 aliphatic heterocycles. The summed E-state index contributed by atoms with van der Waals surface area (Å²) in [5, 5.41) is 0. The number of aryl methyl sites for hydroxylation is 1. The van der Waals surface area contributed by atoms with Gasteiger partial charge in [-0.1, -0.05) is 0 Å². The van der Waals surface area contributed by atoms with Crippen LogP contribution in [0.25, 0.3) is 0 Å². The first-order valence-corrected chi connectivity index (χ1v) is 4.09. The molecule has 0 radical (unpaired) electrons. The Labute approximate surface area is 80.1 Å².